The molecule has 12 nitrogen and oxygen atoms in total. The number of carbonyl (C=O) groups excluding carboxylic acids is 2. The van der Waals surface area contributed by atoms with Crippen molar-refractivity contribution >= 4 is 40.8 Å². The molecule has 1 atom stereocenters. The molecule has 32 heavy (non-hydrogen) atoms. The number of phenolic OH excluding ortho intramolecular Hbond substituents is 1. The van der Waals surface area contributed by atoms with Gasteiger partial charge in [-0.25, -0.2) is 9.97 Å². The van der Waals surface area contributed by atoms with Gasteiger partial charge in [-0.05, 0) is 44.6 Å². The number of aromatic nitrogens is 4. The molecule has 0 spiro atoms. The first-order valence-electron chi connectivity index (χ1n) is 9.93. The summed E-state index contributed by atoms with van der Waals surface area (Å²) in [6.07, 6.45) is 3.49. The quantitative estimate of drug-likeness (QED) is 0.143. The van der Waals surface area contributed by atoms with Crippen LogP contribution in [0.4, 0.5) is 17.5 Å². The molecule has 1 aromatic carbocycles. The summed E-state index contributed by atoms with van der Waals surface area (Å²) in [6, 6.07) is 3.85. The van der Waals surface area contributed by atoms with Gasteiger partial charge < -0.3 is 37.3 Å². The van der Waals surface area contributed by atoms with Crippen LogP contribution >= 0.6 is 0 Å². The number of amides is 1. The molecule has 1 unspecified atom stereocenters. The molecule has 8 N–H and O–H groups in total. The van der Waals surface area contributed by atoms with E-state index in [1.54, 1.807) is 12.1 Å². The number of carbonyl (C=O) groups is 2. The first-order chi connectivity index (χ1) is 15.4. The maximum absolute atomic E-state index is 12.4. The van der Waals surface area contributed by atoms with E-state index in [0.29, 0.717) is 29.6 Å². The number of benzene rings is 1. The lowest BCUT2D eigenvalue weighted by molar-refractivity contribution is -0.109. The standard InChI is InChI=1S/C20H25N9O3/c1-23-6-2-3-12(10-30)27-19(32)11-4-5-14(15(31)7-11)24-8-13-9-25-18-16(26-13)17(21)28-20(22)29-18/h4-5,7,9-10,12,23-24,31H,2-3,6,8H2,1H3,(H,27,32)(H4,21,22,25,28,29). The third-order valence-electron chi connectivity index (χ3n) is 4.64. The molecule has 0 saturated heterocycles. The Morgan fingerprint density at radius 1 is 1.25 bits per heavy atom. The summed E-state index contributed by atoms with van der Waals surface area (Å²) >= 11 is 0. The molecular formula is C20H25N9O3. The van der Waals surface area contributed by atoms with Crippen molar-refractivity contribution in [2.75, 3.05) is 30.4 Å². The summed E-state index contributed by atoms with van der Waals surface area (Å²) in [6.45, 7) is 0.973. The van der Waals surface area contributed by atoms with Gasteiger partial charge in [-0.15, -0.1) is 0 Å². The van der Waals surface area contributed by atoms with Gasteiger partial charge in [0.15, 0.2) is 17.0 Å². The van der Waals surface area contributed by atoms with Crippen LogP contribution in [0.1, 0.15) is 28.9 Å². The fourth-order valence-electron chi connectivity index (χ4n) is 3.00. The van der Waals surface area contributed by atoms with E-state index in [2.05, 4.69) is 35.9 Å². The number of hydrogen-bond acceptors (Lipinski definition) is 11. The average Bonchev–Trinajstić information content (AvgIpc) is 2.77. The summed E-state index contributed by atoms with van der Waals surface area (Å²) in [5.74, 6) is -0.426. The van der Waals surface area contributed by atoms with Gasteiger partial charge in [-0.2, -0.15) is 9.97 Å². The van der Waals surface area contributed by atoms with E-state index in [1.165, 1.54) is 12.3 Å². The zero-order chi connectivity index (χ0) is 23.1. The molecule has 3 aromatic rings. The average molecular weight is 439 g/mol. The molecule has 0 aliphatic rings. The number of hydrogen-bond donors (Lipinski definition) is 6. The molecule has 2 heterocycles. The number of fused-ring (bicyclic) bond motifs is 1. The van der Waals surface area contributed by atoms with Gasteiger partial charge >= 0.3 is 0 Å². The number of aromatic hydroxyl groups is 1. The molecule has 0 aliphatic heterocycles. The van der Waals surface area contributed by atoms with Crippen LogP contribution in [0.3, 0.4) is 0 Å². The van der Waals surface area contributed by atoms with Crippen LogP contribution in [0.2, 0.25) is 0 Å². The third kappa shape index (κ3) is 5.55. The Morgan fingerprint density at radius 3 is 2.78 bits per heavy atom. The lowest BCUT2D eigenvalue weighted by Gasteiger charge is -2.14. The minimum Gasteiger partial charge on any atom is -0.506 e. The first-order valence-corrected chi connectivity index (χ1v) is 9.93. The predicted octanol–water partition coefficient (Wildman–Crippen LogP) is 0.199. The van der Waals surface area contributed by atoms with Crippen molar-refractivity contribution in [2.45, 2.75) is 25.4 Å². The number of aldehydes is 1. The Hall–Kier alpha value is -4.06. The highest BCUT2D eigenvalue weighted by Gasteiger charge is 2.15. The normalized spacial score (nSPS) is 11.8. The molecule has 1 amide bonds. The van der Waals surface area contributed by atoms with Crippen molar-refractivity contribution in [3.8, 4) is 5.75 Å². The van der Waals surface area contributed by atoms with E-state index < -0.39 is 11.9 Å². The molecule has 168 valence electrons. The van der Waals surface area contributed by atoms with Gasteiger partial charge in [0.1, 0.15) is 12.0 Å². The smallest absolute Gasteiger partial charge is 0.251 e. The summed E-state index contributed by atoms with van der Waals surface area (Å²) < 4.78 is 0. The number of nitrogens with zero attached hydrogens (tertiary/aromatic N) is 4. The second-order valence-corrected chi connectivity index (χ2v) is 7.05. The van der Waals surface area contributed by atoms with Gasteiger partial charge in [0.2, 0.25) is 5.95 Å². The molecule has 12 heteroatoms. The number of rotatable bonds is 10. The van der Waals surface area contributed by atoms with Crippen LogP contribution in [0, 0.1) is 0 Å². The topological polar surface area (TPSA) is 194 Å². The second kappa shape index (κ2) is 10.3. The van der Waals surface area contributed by atoms with Crippen LogP contribution < -0.4 is 27.4 Å². The zero-order valence-electron chi connectivity index (χ0n) is 17.5. The number of nitrogens with two attached hydrogens (primary N) is 2. The summed E-state index contributed by atoms with van der Waals surface area (Å²) in [5.41, 5.74) is 13.2. The van der Waals surface area contributed by atoms with E-state index >= 15 is 0 Å². The minimum atomic E-state index is -0.589. The predicted molar refractivity (Wildman–Crippen MR) is 120 cm³/mol. The Labute approximate surface area is 183 Å². The first kappa shape index (κ1) is 22.6. The maximum atomic E-state index is 12.4. The third-order valence-corrected chi connectivity index (χ3v) is 4.64. The van der Waals surface area contributed by atoms with Crippen molar-refractivity contribution in [3.63, 3.8) is 0 Å². The highest BCUT2D eigenvalue weighted by molar-refractivity contribution is 5.96. The van der Waals surface area contributed by atoms with Crippen LogP contribution in [0.25, 0.3) is 11.2 Å². The number of phenols is 1. The van der Waals surface area contributed by atoms with Gasteiger partial charge in [0, 0.05) is 5.56 Å². The van der Waals surface area contributed by atoms with E-state index in [0.717, 1.165) is 13.0 Å². The SMILES string of the molecule is CNCCCC(C=O)NC(=O)c1ccc(NCc2cnc3nc(N)nc(N)c3n2)c(O)c1. The Kier molecular flexibility index (Phi) is 7.29. The Morgan fingerprint density at radius 2 is 2.06 bits per heavy atom. The van der Waals surface area contributed by atoms with Crippen LogP contribution in [0.15, 0.2) is 24.4 Å². The van der Waals surface area contributed by atoms with E-state index in [4.69, 9.17) is 11.5 Å². The van der Waals surface area contributed by atoms with E-state index in [9.17, 15) is 14.7 Å². The molecule has 0 radical (unpaired) electrons. The zero-order valence-corrected chi connectivity index (χ0v) is 17.5. The Balaban J connectivity index is 1.64. The van der Waals surface area contributed by atoms with E-state index in [1.807, 2.05) is 7.05 Å². The monoisotopic (exact) mass is 439 g/mol. The summed E-state index contributed by atoms with van der Waals surface area (Å²) in [7, 11) is 1.82. The lowest BCUT2D eigenvalue weighted by atomic mass is 10.1. The van der Waals surface area contributed by atoms with Gasteiger partial charge in [-0.3, -0.25) is 4.79 Å². The van der Waals surface area contributed by atoms with Gasteiger partial charge in [0.25, 0.3) is 5.91 Å². The number of nitrogens with one attached hydrogen (secondary N) is 3. The molecule has 2 aromatic heterocycles. The van der Waals surface area contributed by atoms with Crippen LogP contribution in [-0.2, 0) is 11.3 Å². The minimum absolute atomic E-state index is 0.0154. The van der Waals surface area contributed by atoms with Gasteiger partial charge in [-0.1, -0.05) is 0 Å². The Bertz CT molecular complexity index is 1120. The van der Waals surface area contributed by atoms with Crippen LogP contribution in [0.5, 0.6) is 5.75 Å². The highest BCUT2D eigenvalue weighted by Crippen LogP contribution is 2.25. The van der Waals surface area contributed by atoms with Crippen molar-refractivity contribution in [2.24, 2.45) is 0 Å². The number of nitrogen functional groups attached to an aromatic ring is 2. The number of anilines is 3. The fraction of sp³-hybridized carbons (Fsp3) is 0.300. The highest BCUT2D eigenvalue weighted by atomic mass is 16.3. The molecule has 3 rings (SSSR count). The molecule has 0 fully saturated rings. The van der Waals surface area contributed by atoms with Crippen molar-refractivity contribution in [1.82, 2.24) is 30.6 Å². The molecule has 0 bridgehead atoms. The fourth-order valence-corrected chi connectivity index (χ4v) is 3.00. The van der Waals surface area contributed by atoms with Crippen molar-refractivity contribution < 1.29 is 14.7 Å². The maximum Gasteiger partial charge on any atom is 0.251 e. The van der Waals surface area contributed by atoms with Crippen molar-refractivity contribution in [1.29, 1.82) is 0 Å². The lowest BCUT2D eigenvalue weighted by Crippen LogP contribution is -2.36. The molecule has 0 saturated carbocycles. The second-order valence-electron chi connectivity index (χ2n) is 7.05. The largest absolute Gasteiger partial charge is 0.506 e. The molecular weight excluding hydrogens is 414 g/mol. The van der Waals surface area contributed by atoms with Crippen LogP contribution in [-0.4, -0.2) is 56.9 Å². The van der Waals surface area contributed by atoms with E-state index in [-0.39, 0.29) is 35.3 Å². The van der Waals surface area contributed by atoms with Crippen molar-refractivity contribution in [3.05, 3.63) is 35.7 Å². The molecule has 0 aliphatic carbocycles. The summed E-state index contributed by atoms with van der Waals surface area (Å²) in [5, 5.41) is 19.0. The van der Waals surface area contributed by atoms with Gasteiger partial charge in [0.05, 0.1) is 30.2 Å². The summed E-state index contributed by atoms with van der Waals surface area (Å²) in [4.78, 5) is 40.0.